The van der Waals surface area contributed by atoms with Crippen LogP contribution in [0.5, 0.6) is 0 Å². The average Bonchev–Trinajstić information content (AvgIpc) is 2.93. The van der Waals surface area contributed by atoms with Gasteiger partial charge in [-0.25, -0.2) is 4.98 Å². The maximum atomic E-state index is 5.55. The summed E-state index contributed by atoms with van der Waals surface area (Å²) in [5, 5.41) is 11.5. The minimum Gasteiger partial charge on any atom is -0.376 e. The van der Waals surface area contributed by atoms with Crippen molar-refractivity contribution < 1.29 is 9.47 Å². The summed E-state index contributed by atoms with van der Waals surface area (Å²) < 4.78 is 12.8. The van der Waals surface area contributed by atoms with Crippen LogP contribution in [-0.4, -0.2) is 52.2 Å². The van der Waals surface area contributed by atoms with Gasteiger partial charge in [0.05, 0.1) is 25.9 Å². The number of aryl methyl sites for hydroxylation is 1. The smallest absolute Gasteiger partial charge is 0.160 e. The highest BCUT2D eigenvalue weighted by Gasteiger charge is 2.14. The van der Waals surface area contributed by atoms with Crippen LogP contribution >= 0.6 is 0 Å². The molecule has 20 heavy (non-hydrogen) atoms. The summed E-state index contributed by atoms with van der Waals surface area (Å²) in [5.41, 5.74) is 0.750. The molecule has 0 spiro atoms. The van der Waals surface area contributed by atoms with Crippen molar-refractivity contribution in [2.45, 2.75) is 6.10 Å². The molecule has 3 heterocycles. The van der Waals surface area contributed by atoms with Crippen molar-refractivity contribution in [3.8, 4) is 11.5 Å². The highest BCUT2D eigenvalue weighted by Crippen LogP contribution is 2.14. The summed E-state index contributed by atoms with van der Waals surface area (Å²) in [6, 6.07) is 3.79. The van der Waals surface area contributed by atoms with E-state index in [9.17, 15) is 0 Å². The summed E-state index contributed by atoms with van der Waals surface area (Å²) in [6.45, 7) is 2.60. The number of imidazole rings is 1. The summed E-state index contributed by atoms with van der Waals surface area (Å²) in [5.74, 6) is 1.52. The molecule has 7 nitrogen and oxygen atoms in total. The summed E-state index contributed by atoms with van der Waals surface area (Å²) in [4.78, 5) is 4.24. The zero-order chi connectivity index (χ0) is 13.8. The van der Waals surface area contributed by atoms with Gasteiger partial charge in [0.25, 0.3) is 0 Å². The van der Waals surface area contributed by atoms with E-state index in [1.807, 2.05) is 29.9 Å². The molecule has 3 rings (SSSR count). The normalized spacial score (nSPS) is 18.9. The van der Waals surface area contributed by atoms with Crippen LogP contribution in [0, 0.1) is 0 Å². The molecule has 0 amide bonds. The van der Waals surface area contributed by atoms with Gasteiger partial charge < -0.3 is 19.4 Å². The van der Waals surface area contributed by atoms with Crippen LogP contribution in [-0.2, 0) is 16.5 Å². The highest BCUT2D eigenvalue weighted by atomic mass is 16.6. The number of rotatable bonds is 4. The number of aromatic nitrogens is 4. The van der Waals surface area contributed by atoms with Crippen LogP contribution in [0.1, 0.15) is 0 Å². The molecule has 0 unspecified atom stereocenters. The first-order valence-electron chi connectivity index (χ1n) is 6.57. The summed E-state index contributed by atoms with van der Waals surface area (Å²) in [6.07, 6.45) is 3.69. The third kappa shape index (κ3) is 2.94. The van der Waals surface area contributed by atoms with Crippen molar-refractivity contribution in [1.29, 1.82) is 0 Å². The molecule has 0 aliphatic carbocycles. The summed E-state index contributed by atoms with van der Waals surface area (Å²) >= 11 is 0. The summed E-state index contributed by atoms with van der Waals surface area (Å²) in [7, 11) is 1.93. The Morgan fingerprint density at radius 1 is 1.35 bits per heavy atom. The molecule has 0 bridgehead atoms. The molecule has 0 saturated carbocycles. The van der Waals surface area contributed by atoms with E-state index in [-0.39, 0.29) is 6.10 Å². The molecule has 7 heteroatoms. The lowest BCUT2D eigenvalue weighted by Gasteiger charge is -2.23. The fourth-order valence-corrected chi connectivity index (χ4v) is 2.03. The number of anilines is 1. The zero-order valence-electron chi connectivity index (χ0n) is 11.3. The predicted octanol–water partition coefficient (Wildman–Crippen LogP) is 0.704. The van der Waals surface area contributed by atoms with Gasteiger partial charge in [-0.3, -0.25) is 0 Å². The molecule has 1 atom stereocenters. The van der Waals surface area contributed by atoms with E-state index in [0.717, 1.165) is 17.3 Å². The molecule has 0 aromatic carbocycles. The van der Waals surface area contributed by atoms with Gasteiger partial charge in [0.2, 0.25) is 0 Å². The van der Waals surface area contributed by atoms with E-state index < -0.39 is 0 Å². The molecule has 1 aliphatic heterocycles. The van der Waals surface area contributed by atoms with Gasteiger partial charge in [0.15, 0.2) is 5.82 Å². The van der Waals surface area contributed by atoms with Gasteiger partial charge in [-0.05, 0) is 12.1 Å². The molecule has 106 valence electrons. The molecule has 1 aliphatic rings. The van der Waals surface area contributed by atoms with E-state index in [4.69, 9.17) is 9.47 Å². The maximum absolute atomic E-state index is 5.55. The lowest BCUT2D eigenvalue weighted by molar-refractivity contribution is -0.0819. The molecular weight excluding hydrogens is 258 g/mol. The second kappa shape index (κ2) is 5.98. The van der Waals surface area contributed by atoms with Crippen molar-refractivity contribution in [3.05, 3.63) is 24.5 Å². The quantitative estimate of drug-likeness (QED) is 0.885. The Hall–Kier alpha value is -1.99. The monoisotopic (exact) mass is 275 g/mol. The van der Waals surface area contributed by atoms with E-state index in [2.05, 4.69) is 20.5 Å². The van der Waals surface area contributed by atoms with Gasteiger partial charge in [-0.15, -0.1) is 10.2 Å². The first-order valence-corrected chi connectivity index (χ1v) is 6.57. The number of hydrogen-bond acceptors (Lipinski definition) is 6. The number of nitrogens with zero attached hydrogens (tertiary/aromatic N) is 4. The Labute approximate surface area is 116 Å². The minimum atomic E-state index is 0.0692. The number of hydrogen-bond donors (Lipinski definition) is 1. The predicted molar refractivity (Wildman–Crippen MR) is 73.3 cm³/mol. The van der Waals surface area contributed by atoms with Crippen LogP contribution in [0.3, 0.4) is 0 Å². The van der Waals surface area contributed by atoms with Crippen LogP contribution < -0.4 is 5.32 Å². The molecule has 2 aromatic rings. The molecule has 1 fully saturated rings. The molecular formula is C13H17N5O2. The standard InChI is InChI=1S/C13H17N5O2/c1-18-5-4-14-13(18)11-2-3-12(17-16-11)15-8-10-9-19-6-7-20-10/h2-5,10H,6-9H2,1H3,(H,15,17)/t10-/m1/s1. The maximum Gasteiger partial charge on any atom is 0.160 e. The van der Waals surface area contributed by atoms with Gasteiger partial charge in [-0.1, -0.05) is 0 Å². The zero-order valence-corrected chi connectivity index (χ0v) is 11.3. The second-order valence-electron chi connectivity index (χ2n) is 4.61. The van der Waals surface area contributed by atoms with Gasteiger partial charge >= 0.3 is 0 Å². The molecule has 1 N–H and O–H groups in total. The van der Waals surface area contributed by atoms with E-state index in [1.165, 1.54) is 0 Å². The number of nitrogens with one attached hydrogen (secondary N) is 1. The second-order valence-corrected chi connectivity index (χ2v) is 4.61. The average molecular weight is 275 g/mol. The van der Waals surface area contributed by atoms with Crippen molar-refractivity contribution in [2.24, 2.45) is 7.05 Å². The Kier molecular flexibility index (Phi) is 3.89. The third-order valence-corrected chi connectivity index (χ3v) is 3.11. The van der Waals surface area contributed by atoms with Crippen LogP contribution in [0.2, 0.25) is 0 Å². The largest absolute Gasteiger partial charge is 0.376 e. The van der Waals surface area contributed by atoms with Crippen molar-refractivity contribution in [3.63, 3.8) is 0 Å². The highest BCUT2D eigenvalue weighted by molar-refractivity contribution is 5.51. The third-order valence-electron chi connectivity index (χ3n) is 3.11. The van der Waals surface area contributed by atoms with Crippen molar-refractivity contribution in [2.75, 3.05) is 31.7 Å². The Bertz CT molecular complexity index is 548. The van der Waals surface area contributed by atoms with Crippen molar-refractivity contribution >= 4 is 5.82 Å². The van der Waals surface area contributed by atoms with Gasteiger partial charge in [0, 0.05) is 26.0 Å². The lowest BCUT2D eigenvalue weighted by atomic mass is 10.3. The SMILES string of the molecule is Cn1ccnc1-c1ccc(NC[C@@H]2COCCO2)nn1. The Morgan fingerprint density at radius 3 is 2.95 bits per heavy atom. The molecule has 1 saturated heterocycles. The van der Waals surface area contributed by atoms with E-state index in [1.54, 1.807) is 6.20 Å². The fourth-order valence-electron chi connectivity index (χ4n) is 2.03. The van der Waals surface area contributed by atoms with Crippen molar-refractivity contribution in [1.82, 2.24) is 19.7 Å². The first kappa shape index (κ1) is 13.0. The molecule has 0 radical (unpaired) electrons. The van der Waals surface area contributed by atoms with Crippen LogP contribution in [0.15, 0.2) is 24.5 Å². The Balaban J connectivity index is 1.60. The van der Waals surface area contributed by atoms with Gasteiger partial charge in [-0.2, -0.15) is 0 Å². The lowest BCUT2D eigenvalue weighted by Crippen LogP contribution is -2.34. The Morgan fingerprint density at radius 2 is 2.30 bits per heavy atom. The van der Waals surface area contributed by atoms with Crippen LogP contribution in [0.4, 0.5) is 5.82 Å². The molecule has 2 aromatic heterocycles. The first-order chi connectivity index (χ1) is 9.83. The minimum absolute atomic E-state index is 0.0692. The fraction of sp³-hybridized carbons (Fsp3) is 0.462. The van der Waals surface area contributed by atoms with Crippen LogP contribution in [0.25, 0.3) is 11.5 Å². The van der Waals surface area contributed by atoms with Gasteiger partial charge in [0.1, 0.15) is 11.5 Å². The topological polar surface area (TPSA) is 74.1 Å². The number of ether oxygens (including phenoxy) is 2. The van der Waals surface area contributed by atoms with E-state index >= 15 is 0 Å². The van der Waals surface area contributed by atoms with E-state index in [0.29, 0.717) is 26.4 Å².